The third kappa shape index (κ3) is 6.47. The standard InChI is InChI=1S/C27H37NO5/c1-4-31-25(29)15-17-28(3)27(19-26(30)32-5-2)16-9-12-22-13-14-23(18-24(22)27)33-20-21-10-7-6-8-11-21/h6-8,10-11,14,18,22H,4-5,9,12-13,15-17,19-20H2,1-3H3. The molecular formula is C27H37NO5. The summed E-state index contributed by atoms with van der Waals surface area (Å²) >= 11 is 0. The zero-order valence-corrected chi connectivity index (χ0v) is 20.2. The molecule has 0 aromatic heterocycles. The molecule has 1 saturated carbocycles. The molecule has 2 aliphatic rings. The summed E-state index contributed by atoms with van der Waals surface area (Å²) in [5.74, 6) is 0.789. The first-order chi connectivity index (χ1) is 16.0. The van der Waals surface area contributed by atoms with E-state index in [9.17, 15) is 9.59 Å². The van der Waals surface area contributed by atoms with Gasteiger partial charge in [-0.2, -0.15) is 0 Å². The molecule has 0 amide bonds. The maximum absolute atomic E-state index is 12.7. The SMILES string of the molecule is CCOC(=O)CCN(C)C1(CC(=O)OCC)CCCC2CC=C(OCc3ccccc3)C=C21. The van der Waals surface area contributed by atoms with E-state index in [0.717, 1.165) is 37.0 Å². The van der Waals surface area contributed by atoms with Gasteiger partial charge in [0.05, 0.1) is 31.6 Å². The van der Waals surface area contributed by atoms with Gasteiger partial charge in [0.2, 0.25) is 0 Å². The fourth-order valence-corrected chi connectivity index (χ4v) is 5.02. The van der Waals surface area contributed by atoms with Crippen molar-refractivity contribution in [1.82, 2.24) is 4.90 Å². The van der Waals surface area contributed by atoms with Crippen LogP contribution in [0.25, 0.3) is 0 Å². The highest BCUT2D eigenvalue weighted by Crippen LogP contribution is 2.47. The van der Waals surface area contributed by atoms with Crippen LogP contribution < -0.4 is 0 Å². The molecular weight excluding hydrogens is 418 g/mol. The Kier molecular flexibility index (Phi) is 9.12. The molecule has 1 aromatic rings. The van der Waals surface area contributed by atoms with Crippen LogP contribution in [0.3, 0.4) is 0 Å². The minimum absolute atomic E-state index is 0.205. The van der Waals surface area contributed by atoms with Gasteiger partial charge < -0.3 is 14.2 Å². The molecule has 2 atom stereocenters. The Hall–Kier alpha value is -2.60. The molecule has 0 radical (unpaired) electrons. The normalized spacial score (nSPS) is 22.1. The molecule has 33 heavy (non-hydrogen) atoms. The second-order valence-electron chi connectivity index (χ2n) is 8.80. The number of hydrogen-bond acceptors (Lipinski definition) is 6. The number of esters is 2. The first-order valence-electron chi connectivity index (χ1n) is 12.1. The van der Waals surface area contributed by atoms with Crippen LogP contribution in [0.4, 0.5) is 0 Å². The van der Waals surface area contributed by atoms with Crippen molar-refractivity contribution < 1.29 is 23.8 Å². The van der Waals surface area contributed by atoms with E-state index in [2.05, 4.69) is 17.1 Å². The van der Waals surface area contributed by atoms with Gasteiger partial charge in [0.1, 0.15) is 12.4 Å². The van der Waals surface area contributed by atoms with Crippen molar-refractivity contribution in [2.45, 2.75) is 64.5 Å². The summed E-state index contributed by atoms with van der Waals surface area (Å²) in [5.41, 5.74) is 1.85. The Labute approximate surface area is 197 Å². The van der Waals surface area contributed by atoms with Gasteiger partial charge in [-0.1, -0.05) is 36.8 Å². The Bertz CT molecular complexity index is 863. The largest absolute Gasteiger partial charge is 0.489 e. The predicted molar refractivity (Wildman–Crippen MR) is 127 cm³/mol. The molecule has 6 nitrogen and oxygen atoms in total. The first-order valence-corrected chi connectivity index (χ1v) is 12.1. The number of carbonyl (C=O) groups is 2. The average Bonchev–Trinajstić information content (AvgIpc) is 2.82. The molecule has 0 spiro atoms. The zero-order chi connectivity index (χ0) is 23.7. The summed E-state index contributed by atoms with van der Waals surface area (Å²) in [6.45, 7) is 5.39. The van der Waals surface area contributed by atoms with Crippen molar-refractivity contribution in [2.24, 2.45) is 5.92 Å². The molecule has 0 saturated heterocycles. The minimum Gasteiger partial charge on any atom is -0.489 e. The Balaban J connectivity index is 1.84. The van der Waals surface area contributed by atoms with Crippen molar-refractivity contribution >= 4 is 11.9 Å². The van der Waals surface area contributed by atoms with Gasteiger partial charge in [0, 0.05) is 6.54 Å². The van der Waals surface area contributed by atoms with Crippen LogP contribution in [0, 0.1) is 5.92 Å². The number of likely N-dealkylation sites (N-methyl/N-ethyl adjacent to an activating group) is 1. The molecule has 2 unspecified atom stereocenters. The van der Waals surface area contributed by atoms with Crippen LogP contribution in [0.2, 0.25) is 0 Å². The fraction of sp³-hybridized carbons (Fsp3) is 0.556. The van der Waals surface area contributed by atoms with Gasteiger partial charge in [0.25, 0.3) is 0 Å². The fourth-order valence-electron chi connectivity index (χ4n) is 5.02. The highest BCUT2D eigenvalue weighted by atomic mass is 16.5. The number of fused-ring (bicyclic) bond motifs is 1. The number of ether oxygens (including phenoxy) is 3. The minimum atomic E-state index is -0.489. The molecule has 0 heterocycles. The van der Waals surface area contributed by atoms with E-state index in [1.54, 1.807) is 0 Å². The van der Waals surface area contributed by atoms with Crippen LogP contribution in [-0.2, 0) is 30.4 Å². The second kappa shape index (κ2) is 12.0. The topological polar surface area (TPSA) is 65.1 Å². The summed E-state index contributed by atoms with van der Waals surface area (Å²) in [7, 11) is 2.00. The number of nitrogens with zero attached hydrogens (tertiary/aromatic N) is 1. The summed E-state index contributed by atoms with van der Waals surface area (Å²) in [5, 5.41) is 0. The summed E-state index contributed by atoms with van der Waals surface area (Å²) in [4.78, 5) is 26.9. The smallest absolute Gasteiger partial charge is 0.307 e. The monoisotopic (exact) mass is 455 g/mol. The summed E-state index contributed by atoms with van der Waals surface area (Å²) in [6.07, 6.45) is 8.72. The zero-order valence-electron chi connectivity index (χ0n) is 20.2. The molecule has 0 bridgehead atoms. The van der Waals surface area contributed by atoms with Gasteiger partial charge in [0.15, 0.2) is 0 Å². The van der Waals surface area contributed by atoms with Gasteiger partial charge in [-0.15, -0.1) is 0 Å². The lowest BCUT2D eigenvalue weighted by molar-refractivity contribution is -0.146. The number of hydrogen-bond donors (Lipinski definition) is 0. The highest BCUT2D eigenvalue weighted by molar-refractivity contribution is 5.72. The highest BCUT2D eigenvalue weighted by Gasteiger charge is 2.46. The number of carbonyl (C=O) groups excluding carboxylic acids is 2. The maximum atomic E-state index is 12.7. The van der Waals surface area contributed by atoms with Crippen LogP contribution in [-0.4, -0.2) is 49.2 Å². The van der Waals surface area contributed by atoms with E-state index in [1.165, 1.54) is 5.57 Å². The molecule has 0 N–H and O–H groups in total. The maximum Gasteiger partial charge on any atom is 0.307 e. The Morgan fingerprint density at radius 1 is 1.09 bits per heavy atom. The van der Waals surface area contributed by atoms with Gasteiger partial charge >= 0.3 is 11.9 Å². The van der Waals surface area contributed by atoms with Crippen molar-refractivity contribution in [1.29, 1.82) is 0 Å². The van der Waals surface area contributed by atoms with Crippen LogP contribution in [0.5, 0.6) is 0 Å². The van der Waals surface area contributed by atoms with E-state index < -0.39 is 5.54 Å². The van der Waals surface area contributed by atoms with Crippen molar-refractivity contribution in [3.63, 3.8) is 0 Å². The van der Waals surface area contributed by atoms with Crippen molar-refractivity contribution in [3.8, 4) is 0 Å². The average molecular weight is 456 g/mol. The van der Waals surface area contributed by atoms with Crippen molar-refractivity contribution in [3.05, 3.63) is 59.4 Å². The van der Waals surface area contributed by atoms with Gasteiger partial charge in [-0.25, -0.2) is 0 Å². The predicted octanol–water partition coefficient (Wildman–Crippen LogP) is 4.79. The third-order valence-electron chi connectivity index (χ3n) is 6.70. The number of allylic oxidation sites excluding steroid dienone is 2. The van der Waals surface area contributed by atoms with E-state index in [-0.39, 0.29) is 18.4 Å². The molecule has 180 valence electrons. The van der Waals surface area contributed by atoms with Crippen molar-refractivity contribution in [2.75, 3.05) is 26.8 Å². The van der Waals surface area contributed by atoms with E-state index in [0.29, 0.717) is 38.7 Å². The van der Waals surface area contributed by atoms with Crippen LogP contribution in [0.1, 0.15) is 57.9 Å². The van der Waals surface area contributed by atoms with E-state index >= 15 is 0 Å². The van der Waals surface area contributed by atoms with E-state index in [1.807, 2.05) is 51.2 Å². The van der Waals surface area contributed by atoms with Gasteiger partial charge in [-0.05, 0) is 69.4 Å². The summed E-state index contributed by atoms with van der Waals surface area (Å²) < 4.78 is 16.6. The lowest BCUT2D eigenvalue weighted by atomic mass is 9.66. The molecule has 1 fully saturated rings. The van der Waals surface area contributed by atoms with E-state index in [4.69, 9.17) is 14.2 Å². The first kappa shape index (κ1) is 25.0. The molecule has 0 aliphatic heterocycles. The quantitative estimate of drug-likeness (QED) is 0.447. The molecule has 1 aromatic carbocycles. The number of benzene rings is 1. The molecule has 3 rings (SSSR count). The van der Waals surface area contributed by atoms with Gasteiger partial charge in [-0.3, -0.25) is 14.5 Å². The Morgan fingerprint density at radius 3 is 2.55 bits per heavy atom. The van der Waals surface area contributed by atoms with Crippen LogP contribution in [0.15, 0.2) is 53.8 Å². The molecule has 6 heteroatoms. The van der Waals surface area contributed by atoms with Crippen LogP contribution >= 0.6 is 0 Å². The lowest BCUT2D eigenvalue weighted by Crippen LogP contribution is -2.54. The molecule has 2 aliphatic carbocycles. The third-order valence-corrected chi connectivity index (χ3v) is 6.70. The summed E-state index contributed by atoms with van der Waals surface area (Å²) in [6, 6.07) is 10.1. The second-order valence-corrected chi connectivity index (χ2v) is 8.80. The Morgan fingerprint density at radius 2 is 1.82 bits per heavy atom. The number of rotatable bonds is 11. The lowest BCUT2D eigenvalue weighted by Gasteiger charge is -2.50.